The van der Waals surface area contributed by atoms with Gasteiger partial charge >= 0.3 is 0 Å². The average molecular weight is 368 g/mol. The summed E-state index contributed by atoms with van der Waals surface area (Å²) in [5, 5.41) is 4.00. The highest BCUT2D eigenvalue weighted by Gasteiger charge is 2.26. The summed E-state index contributed by atoms with van der Waals surface area (Å²) in [6, 6.07) is 9.59. The van der Waals surface area contributed by atoms with Crippen LogP contribution in [0.3, 0.4) is 0 Å². The molecule has 2 aromatic heterocycles. The number of ether oxygens (including phenoxy) is 1. The quantitative estimate of drug-likeness (QED) is 0.691. The Morgan fingerprint density at radius 3 is 2.85 bits per heavy atom. The van der Waals surface area contributed by atoms with E-state index >= 15 is 0 Å². The lowest BCUT2D eigenvalue weighted by Crippen LogP contribution is -2.37. The van der Waals surface area contributed by atoms with Gasteiger partial charge in [0, 0.05) is 23.6 Å². The summed E-state index contributed by atoms with van der Waals surface area (Å²) >= 11 is 0. The molecule has 1 atom stereocenters. The minimum Gasteiger partial charge on any atom is -0.497 e. The lowest BCUT2D eigenvalue weighted by Gasteiger charge is -2.26. The Morgan fingerprint density at radius 1 is 1.26 bits per heavy atom. The number of carbonyl (C=O) groups excluding carboxylic acids is 1. The van der Waals surface area contributed by atoms with Crippen LogP contribution in [0.5, 0.6) is 5.75 Å². The van der Waals surface area contributed by atoms with Crippen LogP contribution in [0.15, 0.2) is 51.7 Å². The normalized spacial score (nSPS) is 15.9. The number of likely N-dealkylation sites (tertiary alicyclic amines) is 1. The molecule has 6 heteroatoms. The number of benzene rings is 1. The minimum atomic E-state index is -0.0238. The second kappa shape index (κ2) is 7.88. The highest BCUT2D eigenvalue weighted by molar-refractivity contribution is 5.88. The number of nitrogens with one attached hydrogen (secondary N) is 1. The zero-order valence-electron chi connectivity index (χ0n) is 15.4. The van der Waals surface area contributed by atoms with Gasteiger partial charge in [-0.3, -0.25) is 9.69 Å². The van der Waals surface area contributed by atoms with Crippen LogP contribution < -0.4 is 10.1 Å². The summed E-state index contributed by atoms with van der Waals surface area (Å²) in [6.45, 7) is 2.61. The van der Waals surface area contributed by atoms with E-state index in [0.29, 0.717) is 6.54 Å². The highest BCUT2D eigenvalue weighted by Crippen LogP contribution is 2.27. The molecule has 1 fully saturated rings. The Bertz CT molecular complexity index is 894. The Kier molecular flexibility index (Phi) is 5.16. The zero-order valence-corrected chi connectivity index (χ0v) is 15.4. The van der Waals surface area contributed by atoms with E-state index in [9.17, 15) is 4.79 Å². The molecule has 1 aliphatic heterocycles. The number of carbonyl (C=O) groups is 1. The smallest absolute Gasteiger partial charge is 0.224 e. The first-order valence-electron chi connectivity index (χ1n) is 9.33. The van der Waals surface area contributed by atoms with Crippen molar-refractivity contribution in [3.63, 3.8) is 0 Å². The number of furan rings is 2. The molecule has 1 aromatic carbocycles. The number of nitrogens with zero attached hydrogens (tertiary/aromatic N) is 1. The molecule has 4 rings (SSSR count). The van der Waals surface area contributed by atoms with Crippen LogP contribution in [0.2, 0.25) is 0 Å². The van der Waals surface area contributed by atoms with Crippen LogP contribution >= 0.6 is 0 Å². The van der Waals surface area contributed by atoms with Crippen LogP contribution in [0.25, 0.3) is 11.0 Å². The Hall–Kier alpha value is -2.73. The molecule has 1 amide bonds. The Labute approximate surface area is 158 Å². The maximum Gasteiger partial charge on any atom is 0.224 e. The largest absolute Gasteiger partial charge is 0.497 e. The molecule has 0 saturated carbocycles. The molecule has 1 N–H and O–H groups in total. The maximum atomic E-state index is 12.5. The van der Waals surface area contributed by atoms with Gasteiger partial charge in [-0.2, -0.15) is 0 Å². The van der Waals surface area contributed by atoms with Crippen molar-refractivity contribution >= 4 is 16.9 Å². The van der Waals surface area contributed by atoms with Gasteiger partial charge in [-0.25, -0.2) is 0 Å². The molecule has 0 aliphatic carbocycles. The molecule has 142 valence electrons. The monoisotopic (exact) mass is 368 g/mol. The molecule has 0 spiro atoms. The second-order valence-electron chi connectivity index (χ2n) is 6.88. The molecular weight excluding hydrogens is 344 g/mol. The summed E-state index contributed by atoms with van der Waals surface area (Å²) in [7, 11) is 1.62. The van der Waals surface area contributed by atoms with Crippen molar-refractivity contribution in [2.24, 2.45) is 0 Å². The molecule has 3 aromatic rings. The van der Waals surface area contributed by atoms with Crippen LogP contribution in [0.1, 0.15) is 30.2 Å². The number of methoxy groups -OCH3 is 1. The maximum absolute atomic E-state index is 12.5. The average Bonchev–Trinajstić information content (AvgIpc) is 3.44. The van der Waals surface area contributed by atoms with Gasteiger partial charge in [0.15, 0.2) is 0 Å². The van der Waals surface area contributed by atoms with E-state index in [1.807, 2.05) is 30.3 Å². The Balaban J connectivity index is 1.41. The predicted octanol–water partition coefficient (Wildman–Crippen LogP) is 3.53. The van der Waals surface area contributed by atoms with Gasteiger partial charge in [0.2, 0.25) is 5.91 Å². The molecule has 1 saturated heterocycles. The molecule has 27 heavy (non-hydrogen) atoms. The third kappa shape index (κ3) is 3.85. The van der Waals surface area contributed by atoms with Crippen LogP contribution in [0, 0.1) is 0 Å². The molecule has 0 bridgehead atoms. The third-order valence-corrected chi connectivity index (χ3v) is 5.16. The molecule has 6 nitrogen and oxygen atoms in total. The fourth-order valence-corrected chi connectivity index (χ4v) is 3.72. The van der Waals surface area contributed by atoms with Gasteiger partial charge in [0.1, 0.15) is 17.1 Å². The van der Waals surface area contributed by atoms with Gasteiger partial charge in [-0.1, -0.05) is 0 Å². The summed E-state index contributed by atoms with van der Waals surface area (Å²) < 4.78 is 16.4. The standard InChI is InChI=1S/C21H24N2O4/c1-25-16-6-7-17-15(14-27-20(17)12-16)11-21(24)22-13-18(19-5-4-10-26-19)23-8-2-3-9-23/h4-7,10,12,14,18H,2-3,8-9,11,13H2,1H3,(H,22,24)/t18-/m1/s1. The van der Waals surface area contributed by atoms with Crippen LogP contribution in [0.4, 0.5) is 0 Å². The van der Waals surface area contributed by atoms with Crippen LogP contribution in [-0.4, -0.2) is 37.6 Å². The summed E-state index contributed by atoms with van der Waals surface area (Å²) in [6.07, 6.45) is 6.00. The third-order valence-electron chi connectivity index (χ3n) is 5.16. The van der Waals surface area contributed by atoms with Crippen molar-refractivity contribution in [3.8, 4) is 5.75 Å². The van der Waals surface area contributed by atoms with Crippen molar-refractivity contribution in [1.82, 2.24) is 10.2 Å². The summed E-state index contributed by atoms with van der Waals surface area (Å²) in [4.78, 5) is 14.9. The van der Waals surface area contributed by atoms with Gasteiger partial charge < -0.3 is 18.9 Å². The number of amides is 1. The van der Waals surface area contributed by atoms with Gasteiger partial charge in [-0.05, 0) is 50.2 Å². The summed E-state index contributed by atoms with van der Waals surface area (Å²) in [5.74, 6) is 1.61. The fraction of sp³-hybridized carbons (Fsp3) is 0.381. The first-order valence-corrected chi connectivity index (χ1v) is 9.33. The van der Waals surface area contributed by atoms with E-state index in [2.05, 4.69) is 10.2 Å². The van der Waals surface area contributed by atoms with Crippen molar-refractivity contribution in [2.75, 3.05) is 26.7 Å². The van der Waals surface area contributed by atoms with Gasteiger partial charge in [0.25, 0.3) is 0 Å². The van der Waals surface area contributed by atoms with Crippen LogP contribution in [-0.2, 0) is 11.2 Å². The van der Waals surface area contributed by atoms with Crippen molar-refractivity contribution in [3.05, 3.63) is 54.2 Å². The van der Waals surface area contributed by atoms with Crippen molar-refractivity contribution in [2.45, 2.75) is 25.3 Å². The minimum absolute atomic E-state index is 0.0238. The molecule has 0 radical (unpaired) electrons. The Morgan fingerprint density at radius 2 is 2.11 bits per heavy atom. The SMILES string of the molecule is COc1ccc2c(CC(=O)NC[C@H](c3ccco3)N3CCCC3)coc2c1. The van der Waals surface area contributed by atoms with E-state index in [-0.39, 0.29) is 18.4 Å². The number of fused-ring (bicyclic) bond motifs is 1. The first-order chi connectivity index (χ1) is 13.2. The van der Waals surface area contributed by atoms with Gasteiger partial charge in [0.05, 0.1) is 32.1 Å². The first kappa shape index (κ1) is 17.7. The topological polar surface area (TPSA) is 67.8 Å². The van der Waals surface area contributed by atoms with E-state index in [1.54, 1.807) is 19.6 Å². The lowest BCUT2D eigenvalue weighted by atomic mass is 10.1. The summed E-state index contributed by atoms with van der Waals surface area (Å²) in [5.41, 5.74) is 1.60. The van der Waals surface area contributed by atoms with Crippen molar-refractivity contribution < 1.29 is 18.4 Å². The molecule has 1 aliphatic rings. The number of hydrogen-bond acceptors (Lipinski definition) is 5. The molecule has 0 unspecified atom stereocenters. The lowest BCUT2D eigenvalue weighted by molar-refractivity contribution is -0.120. The van der Waals surface area contributed by atoms with Crippen molar-refractivity contribution in [1.29, 1.82) is 0 Å². The van der Waals surface area contributed by atoms with E-state index in [1.165, 1.54) is 12.8 Å². The van der Waals surface area contributed by atoms with Gasteiger partial charge in [-0.15, -0.1) is 0 Å². The molecule has 3 heterocycles. The van der Waals surface area contributed by atoms with E-state index < -0.39 is 0 Å². The van der Waals surface area contributed by atoms with E-state index in [0.717, 1.165) is 41.1 Å². The zero-order chi connectivity index (χ0) is 18.6. The number of rotatable bonds is 7. The predicted molar refractivity (Wildman–Crippen MR) is 102 cm³/mol. The second-order valence-corrected chi connectivity index (χ2v) is 6.88. The fourth-order valence-electron chi connectivity index (χ4n) is 3.72. The van der Waals surface area contributed by atoms with E-state index in [4.69, 9.17) is 13.6 Å². The molecular formula is C21H24N2O4. The number of hydrogen-bond donors (Lipinski definition) is 1. The highest BCUT2D eigenvalue weighted by atomic mass is 16.5.